The van der Waals surface area contributed by atoms with Gasteiger partial charge in [-0.2, -0.15) is 0 Å². The predicted octanol–water partition coefficient (Wildman–Crippen LogP) is 2.77. The number of thiazole rings is 1. The van der Waals surface area contributed by atoms with Gasteiger partial charge in [0.15, 0.2) is 0 Å². The van der Waals surface area contributed by atoms with Crippen molar-refractivity contribution in [3.8, 4) is 5.69 Å². The van der Waals surface area contributed by atoms with Crippen molar-refractivity contribution in [3.05, 3.63) is 45.7 Å². The first kappa shape index (κ1) is 10.9. The van der Waals surface area contributed by atoms with Gasteiger partial charge in [0.2, 0.25) is 4.80 Å². The number of nitrogens with zero attached hydrogens (tertiary/aromatic N) is 2. The van der Waals surface area contributed by atoms with E-state index in [2.05, 4.69) is 4.99 Å². The zero-order valence-corrected chi connectivity index (χ0v) is 9.57. The van der Waals surface area contributed by atoms with Gasteiger partial charge in [-0.3, -0.25) is 4.57 Å². The van der Waals surface area contributed by atoms with Crippen molar-refractivity contribution in [1.29, 1.82) is 0 Å². The Morgan fingerprint density at radius 2 is 2.19 bits per heavy atom. The van der Waals surface area contributed by atoms with Crippen LogP contribution in [0.5, 0.6) is 0 Å². The average Bonchev–Trinajstić information content (AvgIpc) is 2.66. The van der Waals surface area contributed by atoms with Crippen LogP contribution in [-0.4, -0.2) is 15.8 Å². The van der Waals surface area contributed by atoms with Crippen molar-refractivity contribution in [1.82, 2.24) is 4.57 Å². The van der Waals surface area contributed by atoms with Crippen LogP contribution in [0.3, 0.4) is 0 Å². The molecule has 0 atom stereocenters. The third-order valence-corrected chi connectivity index (χ3v) is 2.97. The Labute approximate surface area is 100 Å². The minimum absolute atomic E-state index is 0.376. The van der Waals surface area contributed by atoms with Crippen LogP contribution in [0.2, 0.25) is 5.02 Å². The van der Waals surface area contributed by atoms with Crippen LogP contribution >= 0.6 is 22.9 Å². The Morgan fingerprint density at radius 1 is 1.44 bits per heavy atom. The van der Waals surface area contributed by atoms with Gasteiger partial charge in [-0.05, 0) is 12.1 Å². The highest BCUT2D eigenvalue weighted by atomic mass is 35.5. The third kappa shape index (κ3) is 2.15. The SMILES string of the molecule is O=C(O)/N=c1/sccn1-c1ccccc1Cl. The summed E-state index contributed by atoms with van der Waals surface area (Å²) < 4.78 is 1.64. The summed E-state index contributed by atoms with van der Waals surface area (Å²) in [5.41, 5.74) is 0.713. The fraction of sp³-hybridized carbons (Fsp3) is 0. The van der Waals surface area contributed by atoms with Crippen LogP contribution in [0.4, 0.5) is 4.79 Å². The van der Waals surface area contributed by atoms with E-state index in [1.54, 1.807) is 28.3 Å². The molecule has 4 nitrogen and oxygen atoms in total. The largest absolute Gasteiger partial charge is 0.463 e. The molecule has 82 valence electrons. The molecule has 1 heterocycles. The molecular weight excluding hydrogens is 248 g/mol. The summed E-state index contributed by atoms with van der Waals surface area (Å²) in [5.74, 6) is 0. The monoisotopic (exact) mass is 254 g/mol. The predicted molar refractivity (Wildman–Crippen MR) is 62.2 cm³/mol. The first-order chi connectivity index (χ1) is 7.68. The van der Waals surface area contributed by atoms with Gasteiger partial charge in [0.05, 0.1) is 10.7 Å². The van der Waals surface area contributed by atoms with E-state index in [9.17, 15) is 4.79 Å². The topological polar surface area (TPSA) is 54.6 Å². The van der Waals surface area contributed by atoms with E-state index in [-0.39, 0.29) is 0 Å². The Morgan fingerprint density at radius 3 is 2.88 bits per heavy atom. The summed E-state index contributed by atoms with van der Waals surface area (Å²) >= 11 is 7.26. The molecular formula is C10H7ClN2O2S. The van der Waals surface area contributed by atoms with Crippen LogP contribution in [0, 0.1) is 0 Å². The molecule has 16 heavy (non-hydrogen) atoms. The van der Waals surface area contributed by atoms with Crippen LogP contribution in [0.15, 0.2) is 40.8 Å². The molecule has 0 aliphatic carbocycles. The van der Waals surface area contributed by atoms with Gasteiger partial charge in [0.1, 0.15) is 0 Å². The van der Waals surface area contributed by atoms with E-state index in [0.717, 1.165) is 0 Å². The molecule has 0 bridgehead atoms. The summed E-state index contributed by atoms with van der Waals surface area (Å²) in [5, 5.41) is 10.9. The van der Waals surface area contributed by atoms with Crippen LogP contribution in [0.1, 0.15) is 0 Å². The fourth-order valence-electron chi connectivity index (χ4n) is 1.27. The van der Waals surface area contributed by atoms with Gasteiger partial charge in [-0.1, -0.05) is 23.7 Å². The van der Waals surface area contributed by atoms with Gasteiger partial charge in [0, 0.05) is 11.6 Å². The molecule has 1 aromatic carbocycles. The number of para-hydroxylation sites is 1. The summed E-state index contributed by atoms with van der Waals surface area (Å²) in [4.78, 5) is 14.4. The van der Waals surface area contributed by atoms with Crippen LogP contribution in [0.25, 0.3) is 5.69 Å². The highest BCUT2D eigenvalue weighted by molar-refractivity contribution is 7.07. The van der Waals surface area contributed by atoms with Gasteiger partial charge < -0.3 is 5.11 Å². The van der Waals surface area contributed by atoms with Gasteiger partial charge >= 0.3 is 6.09 Å². The van der Waals surface area contributed by atoms with E-state index < -0.39 is 6.09 Å². The standard InChI is InChI=1S/C10H7ClN2O2S/c11-7-3-1-2-4-8(7)13-5-6-16-9(13)12-10(14)15/h1-6H,(H,14,15)/b12-9+. The lowest BCUT2D eigenvalue weighted by molar-refractivity contribution is 0.204. The lowest BCUT2D eigenvalue weighted by Gasteiger charge is -2.03. The maximum Gasteiger partial charge on any atom is 0.433 e. The molecule has 0 aliphatic rings. The minimum Gasteiger partial charge on any atom is -0.463 e. The first-order valence-corrected chi connectivity index (χ1v) is 5.63. The second-order valence-corrected chi connectivity index (χ2v) is 4.18. The Kier molecular flexibility index (Phi) is 3.07. The van der Waals surface area contributed by atoms with E-state index >= 15 is 0 Å². The van der Waals surface area contributed by atoms with Crippen molar-refractivity contribution in [3.63, 3.8) is 0 Å². The molecule has 0 saturated heterocycles. The molecule has 2 aromatic rings. The van der Waals surface area contributed by atoms with Crippen molar-refractivity contribution in [2.75, 3.05) is 0 Å². The van der Waals surface area contributed by atoms with E-state index in [4.69, 9.17) is 16.7 Å². The minimum atomic E-state index is -1.22. The molecule has 0 fully saturated rings. The summed E-state index contributed by atoms with van der Waals surface area (Å²) in [6, 6.07) is 7.19. The zero-order valence-electron chi connectivity index (χ0n) is 8.00. The summed E-state index contributed by atoms with van der Waals surface area (Å²) in [7, 11) is 0. The maximum absolute atomic E-state index is 10.5. The van der Waals surface area contributed by atoms with E-state index in [1.165, 1.54) is 11.3 Å². The Balaban J connectivity index is 2.62. The number of amides is 1. The van der Waals surface area contributed by atoms with Crippen molar-refractivity contribution < 1.29 is 9.90 Å². The smallest absolute Gasteiger partial charge is 0.433 e. The quantitative estimate of drug-likeness (QED) is 0.851. The highest BCUT2D eigenvalue weighted by Gasteiger charge is 2.04. The van der Waals surface area contributed by atoms with Crippen LogP contribution in [-0.2, 0) is 0 Å². The number of carbonyl (C=O) groups is 1. The normalized spacial score (nSPS) is 11.7. The number of aromatic nitrogens is 1. The van der Waals surface area contributed by atoms with Crippen molar-refractivity contribution in [2.24, 2.45) is 4.99 Å². The van der Waals surface area contributed by atoms with Gasteiger partial charge in [0.25, 0.3) is 0 Å². The zero-order chi connectivity index (χ0) is 11.5. The second kappa shape index (κ2) is 4.51. The first-order valence-electron chi connectivity index (χ1n) is 4.37. The van der Waals surface area contributed by atoms with Crippen molar-refractivity contribution in [2.45, 2.75) is 0 Å². The molecule has 1 amide bonds. The molecule has 0 radical (unpaired) electrons. The maximum atomic E-state index is 10.5. The van der Waals surface area contributed by atoms with E-state index in [0.29, 0.717) is 15.5 Å². The molecule has 0 saturated carbocycles. The average molecular weight is 255 g/mol. The summed E-state index contributed by atoms with van der Waals surface area (Å²) in [6.07, 6.45) is 0.511. The molecule has 0 unspecified atom stereocenters. The Hall–Kier alpha value is -1.59. The van der Waals surface area contributed by atoms with E-state index in [1.807, 2.05) is 12.1 Å². The molecule has 6 heteroatoms. The van der Waals surface area contributed by atoms with Gasteiger partial charge in [-0.25, -0.2) is 4.79 Å². The Bertz CT molecular complexity index is 588. The number of hydrogen-bond acceptors (Lipinski definition) is 2. The number of benzene rings is 1. The third-order valence-electron chi connectivity index (χ3n) is 1.89. The molecule has 0 spiro atoms. The second-order valence-electron chi connectivity index (χ2n) is 2.90. The molecule has 1 N–H and O–H groups in total. The van der Waals surface area contributed by atoms with Gasteiger partial charge in [-0.15, -0.1) is 16.3 Å². The van der Waals surface area contributed by atoms with Crippen LogP contribution < -0.4 is 4.80 Å². The fourth-order valence-corrected chi connectivity index (χ4v) is 2.20. The number of carboxylic acid groups (broad SMARTS) is 1. The molecule has 0 aliphatic heterocycles. The lowest BCUT2D eigenvalue weighted by Crippen LogP contribution is -2.14. The number of hydrogen-bond donors (Lipinski definition) is 1. The highest BCUT2D eigenvalue weighted by Crippen LogP contribution is 2.18. The van der Waals surface area contributed by atoms with Crippen molar-refractivity contribution >= 4 is 29.0 Å². The molecule has 1 aromatic heterocycles. The lowest BCUT2D eigenvalue weighted by atomic mass is 10.3. The number of halogens is 1. The number of rotatable bonds is 1. The summed E-state index contributed by atoms with van der Waals surface area (Å²) in [6.45, 7) is 0. The molecule has 2 rings (SSSR count).